The molecule has 3 aromatic heterocycles. The maximum absolute atomic E-state index is 12.5. The van der Waals surface area contributed by atoms with E-state index in [2.05, 4.69) is 39.4 Å². The highest BCUT2D eigenvalue weighted by Gasteiger charge is 2.17. The molecule has 0 aromatic carbocycles. The van der Waals surface area contributed by atoms with Crippen molar-refractivity contribution in [1.29, 1.82) is 0 Å². The van der Waals surface area contributed by atoms with Crippen molar-refractivity contribution in [2.75, 3.05) is 11.9 Å². The van der Waals surface area contributed by atoms with Crippen LogP contribution in [0.3, 0.4) is 0 Å². The van der Waals surface area contributed by atoms with Gasteiger partial charge in [-0.3, -0.25) is 10.1 Å². The summed E-state index contributed by atoms with van der Waals surface area (Å²) in [6.07, 6.45) is 7.48. The lowest BCUT2D eigenvalue weighted by Crippen LogP contribution is -2.12. The molecule has 132 valence electrons. The number of hydrogen-bond acceptors (Lipinski definition) is 7. The van der Waals surface area contributed by atoms with Crippen LogP contribution in [-0.2, 0) is 6.42 Å². The van der Waals surface area contributed by atoms with E-state index in [0.717, 1.165) is 23.4 Å². The van der Waals surface area contributed by atoms with Gasteiger partial charge in [-0.15, -0.1) is 10.2 Å². The van der Waals surface area contributed by atoms with Crippen LogP contribution in [0.15, 0.2) is 18.6 Å². The maximum atomic E-state index is 12.5. The smallest absolute Gasteiger partial charge is 0.262 e. The highest BCUT2D eigenvalue weighted by atomic mass is 32.1. The Hall–Kier alpha value is -2.39. The number of rotatable bonds is 7. The van der Waals surface area contributed by atoms with Crippen molar-refractivity contribution >= 4 is 28.0 Å². The largest absolute Gasteiger partial charge is 0.396 e. The summed E-state index contributed by atoms with van der Waals surface area (Å²) < 4.78 is 1.54. The molecule has 1 atom stereocenters. The van der Waals surface area contributed by atoms with Crippen molar-refractivity contribution < 1.29 is 9.90 Å². The summed E-state index contributed by atoms with van der Waals surface area (Å²) in [4.78, 5) is 16.8. The summed E-state index contributed by atoms with van der Waals surface area (Å²) in [6.45, 7) is 4.27. The Kier molecular flexibility index (Phi) is 5.34. The third-order valence-electron chi connectivity index (χ3n) is 3.86. The monoisotopic (exact) mass is 360 g/mol. The third kappa shape index (κ3) is 3.83. The van der Waals surface area contributed by atoms with Gasteiger partial charge in [0.2, 0.25) is 5.13 Å². The van der Waals surface area contributed by atoms with E-state index in [0.29, 0.717) is 28.7 Å². The molecule has 9 heteroatoms. The Balaban J connectivity index is 1.76. The number of aromatic nitrogens is 5. The fourth-order valence-corrected chi connectivity index (χ4v) is 3.36. The van der Waals surface area contributed by atoms with Gasteiger partial charge in [-0.25, -0.2) is 9.50 Å². The summed E-state index contributed by atoms with van der Waals surface area (Å²) >= 11 is 1.39. The maximum Gasteiger partial charge on any atom is 0.262 e. The lowest BCUT2D eigenvalue weighted by Gasteiger charge is -2.03. The molecule has 0 spiro atoms. The van der Waals surface area contributed by atoms with Crippen LogP contribution in [-0.4, -0.2) is 42.4 Å². The number of anilines is 1. The molecule has 0 saturated carbocycles. The first-order valence-corrected chi connectivity index (χ1v) is 9.02. The molecule has 0 saturated heterocycles. The van der Waals surface area contributed by atoms with E-state index in [1.165, 1.54) is 22.0 Å². The predicted molar refractivity (Wildman–Crippen MR) is 95.0 cm³/mol. The average Bonchev–Trinajstić information content (AvgIpc) is 3.22. The number of carbonyl (C=O) groups excluding carboxylic acids is 1. The van der Waals surface area contributed by atoms with E-state index >= 15 is 0 Å². The zero-order chi connectivity index (χ0) is 17.8. The van der Waals surface area contributed by atoms with Gasteiger partial charge in [0.1, 0.15) is 10.6 Å². The van der Waals surface area contributed by atoms with Crippen LogP contribution in [0, 0.1) is 0 Å². The molecule has 3 heterocycles. The second kappa shape index (κ2) is 7.66. The van der Waals surface area contributed by atoms with Gasteiger partial charge in [0.15, 0.2) is 5.65 Å². The fourth-order valence-electron chi connectivity index (χ4n) is 2.54. The summed E-state index contributed by atoms with van der Waals surface area (Å²) in [5.74, 6) is 0.0139. The molecule has 8 nitrogen and oxygen atoms in total. The zero-order valence-electron chi connectivity index (χ0n) is 14.1. The molecule has 0 fully saturated rings. The molecular weight excluding hydrogens is 340 g/mol. The van der Waals surface area contributed by atoms with E-state index < -0.39 is 0 Å². The highest BCUT2D eigenvalue weighted by Crippen LogP contribution is 2.26. The highest BCUT2D eigenvalue weighted by molar-refractivity contribution is 7.15. The molecule has 3 rings (SSSR count). The number of nitrogens with zero attached hydrogens (tertiary/aromatic N) is 5. The van der Waals surface area contributed by atoms with Gasteiger partial charge in [0.25, 0.3) is 5.91 Å². The number of aliphatic hydroxyl groups excluding tert-OH is 1. The van der Waals surface area contributed by atoms with Crippen molar-refractivity contribution in [3.63, 3.8) is 0 Å². The molecule has 3 aromatic rings. The van der Waals surface area contributed by atoms with Gasteiger partial charge in [0, 0.05) is 24.9 Å². The molecule has 1 amide bonds. The summed E-state index contributed by atoms with van der Waals surface area (Å²) in [7, 11) is 0. The standard InChI is InChI=1S/C16H20N6O2S/c1-3-4-10(2)15-20-21-16(25-15)19-14(24)12-8-18-22-9-11(5-6-23)7-17-13(12)22/h7-10,23H,3-6H2,1-2H3,(H,19,21,24)/t10-/m0/s1. The molecule has 25 heavy (non-hydrogen) atoms. The first-order chi connectivity index (χ1) is 12.1. The van der Waals surface area contributed by atoms with Gasteiger partial charge in [-0.2, -0.15) is 5.10 Å². The van der Waals surface area contributed by atoms with Crippen molar-refractivity contribution in [3.8, 4) is 0 Å². The van der Waals surface area contributed by atoms with Crippen molar-refractivity contribution in [2.45, 2.75) is 39.0 Å². The molecule has 2 N–H and O–H groups in total. The van der Waals surface area contributed by atoms with Gasteiger partial charge in [0.05, 0.1) is 6.20 Å². The van der Waals surface area contributed by atoms with E-state index in [1.54, 1.807) is 12.4 Å². The van der Waals surface area contributed by atoms with E-state index in [9.17, 15) is 4.79 Å². The minimum atomic E-state index is -0.316. The summed E-state index contributed by atoms with van der Waals surface area (Å²) in [5, 5.41) is 25.5. The number of aliphatic hydroxyl groups is 1. The van der Waals surface area contributed by atoms with E-state index in [-0.39, 0.29) is 12.5 Å². The van der Waals surface area contributed by atoms with Gasteiger partial charge in [-0.1, -0.05) is 31.6 Å². The Morgan fingerprint density at radius 3 is 3.00 bits per heavy atom. The van der Waals surface area contributed by atoms with E-state index in [1.807, 2.05) is 0 Å². The SMILES string of the molecule is CCC[C@H](C)c1nnc(NC(=O)c2cnn3cc(CCO)cnc23)s1. The number of amides is 1. The van der Waals surface area contributed by atoms with Crippen LogP contribution in [0.2, 0.25) is 0 Å². The van der Waals surface area contributed by atoms with Crippen LogP contribution in [0.5, 0.6) is 0 Å². The van der Waals surface area contributed by atoms with Crippen LogP contribution < -0.4 is 5.32 Å². The molecule has 0 aliphatic rings. The number of hydrogen-bond donors (Lipinski definition) is 2. The van der Waals surface area contributed by atoms with Gasteiger partial charge >= 0.3 is 0 Å². The van der Waals surface area contributed by atoms with Crippen LogP contribution in [0.25, 0.3) is 5.65 Å². The Morgan fingerprint density at radius 1 is 1.40 bits per heavy atom. The minimum Gasteiger partial charge on any atom is -0.396 e. The topological polar surface area (TPSA) is 105 Å². The first kappa shape index (κ1) is 17.4. The predicted octanol–water partition coefficient (Wildman–Crippen LogP) is 2.27. The first-order valence-electron chi connectivity index (χ1n) is 8.20. The van der Waals surface area contributed by atoms with Gasteiger partial charge in [-0.05, 0) is 18.4 Å². The second-order valence-electron chi connectivity index (χ2n) is 5.85. The van der Waals surface area contributed by atoms with Gasteiger partial charge < -0.3 is 5.11 Å². The van der Waals surface area contributed by atoms with Crippen molar-refractivity contribution in [3.05, 3.63) is 34.7 Å². The quantitative estimate of drug-likeness (QED) is 0.669. The third-order valence-corrected chi connectivity index (χ3v) is 4.93. The minimum absolute atomic E-state index is 0.0393. The molecule has 0 bridgehead atoms. The lowest BCUT2D eigenvalue weighted by atomic mass is 10.1. The van der Waals surface area contributed by atoms with Crippen LogP contribution >= 0.6 is 11.3 Å². The zero-order valence-corrected chi connectivity index (χ0v) is 15.0. The fraction of sp³-hybridized carbons (Fsp3) is 0.438. The summed E-state index contributed by atoms with van der Waals surface area (Å²) in [6, 6.07) is 0. The van der Waals surface area contributed by atoms with E-state index in [4.69, 9.17) is 5.11 Å². The number of carbonyl (C=O) groups is 1. The molecule has 0 aliphatic heterocycles. The van der Waals surface area contributed by atoms with Crippen molar-refractivity contribution in [2.24, 2.45) is 0 Å². The molecule has 0 radical (unpaired) electrons. The number of fused-ring (bicyclic) bond motifs is 1. The Bertz CT molecular complexity index is 875. The average molecular weight is 360 g/mol. The number of nitrogens with one attached hydrogen (secondary N) is 1. The second-order valence-corrected chi connectivity index (χ2v) is 6.86. The molecular formula is C16H20N6O2S. The van der Waals surface area contributed by atoms with Crippen molar-refractivity contribution in [1.82, 2.24) is 24.8 Å². The molecule has 0 unspecified atom stereocenters. The lowest BCUT2D eigenvalue weighted by molar-refractivity contribution is 0.102. The molecule has 0 aliphatic carbocycles. The Morgan fingerprint density at radius 2 is 2.24 bits per heavy atom. The Labute approximate surface area is 148 Å². The van der Waals surface area contributed by atoms with Crippen LogP contribution in [0.1, 0.15) is 53.5 Å². The summed E-state index contributed by atoms with van der Waals surface area (Å²) in [5.41, 5.74) is 1.68. The van der Waals surface area contributed by atoms with Crippen LogP contribution in [0.4, 0.5) is 5.13 Å². The normalized spacial score (nSPS) is 12.4.